The van der Waals surface area contributed by atoms with Crippen molar-refractivity contribution in [2.75, 3.05) is 29.5 Å². The fourth-order valence-corrected chi connectivity index (χ4v) is 5.69. The number of alkyl halides is 3. The van der Waals surface area contributed by atoms with Crippen LogP contribution in [0.15, 0.2) is 47.5 Å². The third-order valence-electron chi connectivity index (χ3n) is 6.57. The van der Waals surface area contributed by atoms with Crippen molar-refractivity contribution in [2.24, 2.45) is 0 Å². The molecule has 1 aliphatic rings. The molecule has 0 radical (unpaired) electrons. The van der Waals surface area contributed by atoms with Gasteiger partial charge in [-0.05, 0) is 30.3 Å². The number of hydrogen-bond acceptors (Lipinski definition) is 10. The molecule has 4 heterocycles. The number of aromatic nitrogens is 7. The molecule has 228 valence electrons. The first-order valence-electron chi connectivity index (χ1n) is 12.5. The van der Waals surface area contributed by atoms with Gasteiger partial charge in [0.05, 0.1) is 29.8 Å². The largest absolute Gasteiger partial charge is 0.478 e. The summed E-state index contributed by atoms with van der Waals surface area (Å²) >= 11 is 5.92. The third-order valence-corrected chi connectivity index (χ3v) is 8.43. The van der Waals surface area contributed by atoms with E-state index in [9.17, 15) is 41.4 Å². The average Bonchev–Trinajstić information content (AvgIpc) is 3.50. The Labute approximate surface area is 245 Å². The molecule has 1 aromatic carbocycles. The zero-order valence-corrected chi connectivity index (χ0v) is 23.5. The van der Waals surface area contributed by atoms with Gasteiger partial charge in [0.15, 0.2) is 27.6 Å². The summed E-state index contributed by atoms with van der Waals surface area (Å²) in [4.78, 5) is 35.2. The Bertz CT molecular complexity index is 1820. The highest BCUT2D eigenvalue weighted by Crippen LogP contribution is 2.25. The molecular weight excluding hydrogens is 621 g/mol. The molecule has 1 fully saturated rings. The Kier molecular flexibility index (Phi) is 8.01. The number of carbonyl (C=O) groups is 1. The number of carboxylic acids is 1. The van der Waals surface area contributed by atoms with Gasteiger partial charge in [-0.15, -0.1) is 10.2 Å². The van der Waals surface area contributed by atoms with E-state index in [2.05, 4.69) is 20.2 Å². The van der Waals surface area contributed by atoms with Crippen LogP contribution in [0.3, 0.4) is 0 Å². The van der Waals surface area contributed by atoms with Crippen molar-refractivity contribution < 1.29 is 36.6 Å². The van der Waals surface area contributed by atoms with Crippen LogP contribution in [-0.4, -0.2) is 95.6 Å². The number of pyridine rings is 1. The Balaban J connectivity index is 1.59. The van der Waals surface area contributed by atoms with Gasteiger partial charge >= 0.3 is 17.8 Å². The summed E-state index contributed by atoms with van der Waals surface area (Å²) in [6, 6.07) is 7.02. The van der Waals surface area contributed by atoms with E-state index in [4.69, 9.17) is 11.6 Å². The fraction of sp³-hybridized carbons (Fsp3) is 0.333. The molecule has 0 spiro atoms. The van der Waals surface area contributed by atoms with Crippen molar-refractivity contribution in [1.82, 2.24) is 34.1 Å². The Hall–Kier alpha value is -4.29. The second-order valence-corrected chi connectivity index (χ2v) is 12.3. The predicted octanol–water partition coefficient (Wildman–Crippen LogP) is 1.25. The molecule has 3 aromatic heterocycles. The van der Waals surface area contributed by atoms with Gasteiger partial charge in [-0.25, -0.2) is 22.7 Å². The summed E-state index contributed by atoms with van der Waals surface area (Å²) in [6.45, 7) is -1.57. The SMILES string of the molecule is O=C(O)c1ccncc1-n1nc(Cn2nc(-c3ccc(Cl)cc3)n(C[C@@H](O)C(F)(F)F)c2=O)nc1N1CCS(=O)(=O)CC1. The topological polar surface area (TPSA) is 178 Å². The summed E-state index contributed by atoms with van der Waals surface area (Å²) in [7, 11) is -3.29. The molecule has 1 saturated heterocycles. The number of rotatable bonds is 8. The van der Waals surface area contributed by atoms with E-state index in [0.29, 0.717) is 9.59 Å². The molecule has 0 saturated carbocycles. The smallest absolute Gasteiger partial charge is 0.416 e. The number of sulfone groups is 1. The first kappa shape index (κ1) is 30.2. The maximum Gasteiger partial charge on any atom is 0.416 e. The molecule has 14 nitrogen and oxygen atoms in total. The molecule has 0 bridgehead atoms. The van der Waals surface area contributed by atoms with Gasteiger partial charge in [0.2, 0.25) is 5.95 Å². The van der Waals surface area contributed by atoms with Crippen LogP contribution in [-0.2, 0) is 22.9 Å². The molecule has 4 aromatic rings. The number of aliphatic hydroxyl groups is 1. The van der Waals surface area contributed by atoms with Gasteiger partial charge in [-0.3, -0.25) is 9.55 Å². The molecular formula is C24H22ClF3N8O6S. The standard InChI is InChI=1S/C24H22ClF3N8O6S/c25-15-3-1-14(2-4-15)20-32-35(23(40)34(20)12-18(37)24(26,27)28)13-19-30-22(33-7-9-43(41,42)10-8-33)36(31-19)17-11-29-6-5-16(17)21(38)39/h1-6,11,18,37H,7-10,12-13H2,(H,38,39)/t18-/m1/s1. The summed E-state index contributed by atoms with van der Waals surface area (Å²) in [5.41, 5.74) is -0.956. The third kappa shape index (κ3) is 6.40. The van der Waals surface area contributed by atoms with Crippen molar-refractivity contribution in [3.05, 3.63) is 69.6 Å². The van der Waals surface area contributed by atoms with Crippen LogP contribution in [0, 0.1) is 0 Å². The highest BCUT2D eigenvalue weighted by molar-refractivity contribution is 7.91. The van der Waals surface area contributed by atoms with Gasteiger partial charge < -0.3 is 15.1 Å². The van der Waals surface area contributed by atoms with E-state index in [-0.39, 0.29) is 59.0 Å². The molecule has 5 rings (SSSR count). The molecule has 0 unspecified atom stereocenters. The van der Waals surface area contributed by atoms with Crippen LogP contribution < -0.4 is 10.6 Å². The molecule has 2 N–H and O–H groups in total. The fourth-order valence-electron chi connectivity index (χ4n) is 4.36. The van der Waals surface area contributed by atoms with Gasteiger partial charge in [0.1, 0.15) is 12.2 Å². The van der Waals surface area contributed by atoms with E-state index in [1.807, 2.05) is 0 Å². The molecule has 0 amide bonds. The van der Waals surface area contributed by atoms with Crippen molar-refractivity contribution in [3.63, 3.8) is 0 Å². The number of aliphatic hydroxyl groups excluding tert-OH is 1. The maximum atomic E-state index is 13.3. The number of carboxylic acid groups (broad SMARTS) is 1. The molecule has 19 heteroatoms. The van der Waals surface area contributed by atoms with Crippen LogP contribution in [0.1, 0.15) is 16.2 Å². The summed E-state index contributed by atoms with van der Waals surface area (Å²) in [5.74, 6) is -1.89. The van der Waals surface area contributed by atoms with E-state index < -0.39 is 46.9 Å². The van der Waals surface area contributed by atoms with E-state index >= 15 is 0 Å². The van der Waals surface area contributed by atoms with E-state index in [0.717, 1.165) is 9.36 Å². The van der Waals surface area contributed by atoms with Crippen LogP contribution in [0.25, 0.3) is 17.1 Å². The highest BCUT2D eigenvalue weighted by atomic mass is 35.5. The minimum Gasteiger partial charge on any atom is -0.478 e. The van der Waals surface area contributed by atoms with E-state index in [1.54, 1.807) is 4.90 Å². The van der Waals surface area contributed by atoms with Crippen molar-refractivity contribution in [1.29, 1.82) is 0 Å². The van der Waals surface area contributed by atoms with Crippen molar-refractivity contribution in [2.45, 2.75) is 25.4 Å². The second-order valence-electron chi connectivity index (χ2n) is 9.52. The van der Waals surface area contributed by atoms with E-state index in [1.165, 1.54) is 42.7 Å². The monoisotopic (exact) mass is 642 g/mol. The van der Waals surface area contributed by atoms with Crippen LogP contribution in [0.4, 0.5) is 19.1 Å². The molecule has 1 aliphatic heterocycles. The summed E-state index contributed by atoms with van der Waals surface area (Å²) in [6.07, 6.45) is -5.39. The van der Waals surface area contributed by atoms with Gasteiger partial charge in [0, 0.05) is 29.9 Å². The first-order valence-corrected chi connectivity index (χ1v) is 14.7. The van der Waals surface area contributed by atoms with Gasteiger partial charge in [0.25, 0.3) is 0 Å². The predicted molar refractivity (Wildman–Crippen MR) is 145 cm³/mol. The number of benzene rings is 1. The van der Waals surface area contributed by atoms with Crippen molar-refractivity contribution in [3.8, 4) is 17.1 Å². The zero-order chi connectivity index (χ0) is 31.1. The zero-order valence-electron chi connectivity index (χ0n) is 21.9. The number of halogens is 4. The lowest BCUT2D eigenvalue weighted by atomic mass is 10.2. The first-order chi connectivity index (χ1) is 20.2. The van der Waals surface area contributed by atoms with Crippen LogP contribution in [0.2, 0.25) is 5.02 Å². The molecule has 1 atom stereocenters. The highest BCUT2D eigenvalue weighted by Gasteiger charge is 2.39. The quantitative estimate of drug-likeness (QED) is 0.283. The maximum absolute atomic E-state index is 13.3. The minimum atomic E-state index is -5.01. The Morgan fingerprint density at radius 3 is 2.40 bits per heavy atom. The Morgan fingerprint density at radius 1 is 1.09 bits per heavy atom. The number of hydrogen-bond donors (Lipinski definition) is 2. The lowest BCUT2D eigenvalue weighted by molar-refractivity contribution is -0.207. The number of nitrogens with zero attached hydrogens (tertiary/aromatic N) is 8. The number of aromatic carboxylic acids is 1. The lowest BCUT2D eigenvalue weighted by Crippen LogP contribution is -2.41. The van der Waals surface area contributed by atoms with Crippen LogP contribution >= 0.6 is 11.6 Å². The molecule has 43 heavy (non-hydrogen) atoms. The number of anilines is 1. The average molecular weight is 643 g/mol. The van der Waals surface area contributed by atoms with Crippen LogP contribution in [0.5, 0.6) is 0 Å². The summed E-state index contributed by atoms with van der Waals surface area (Å²) in [5, 5.41) is 28.3. The minimum absolute atomic E-state index is 0.00482. The second kappa shape index (κ2) is 11.4. The van der Waals surface area contributed by atoms with Crippen molar-refractivity contribution >= 4 is 33.4 Å². The Morgan fingerprint density at radius 2 is 1.77 bits per heavy atom. The lowest BCUT2D eigenvalue weighted by Gasteiger charge is -2.27. The van der Waals surface area contributed by atoms with Gasteiger partial charge in [-0.2, -0.15) is 22.8 Å². The molecule has 0 aliphatic carbocycles. The summed E-state index contributed by atoms with van der Waals surface area (Å²) < 4.78 is 66.3. The normalized spacial score (nSPS) is 15.9. The van der Waals surface area contributed by atoms with Gasteiger partial charge in [-0.1, -0.05) is 11.6 Å².